The van der Waals surface area contributed by atoms with Crippen LogP contribution >= 0.6 is 0 Å². The van der Waals surface area contributed by atoms with Crippen molar-refractivity contribution in [1.82, 2.24) is 0 Å². The first-order chi connectivity index (χ1) is 26.2. The molecule has 0 amide bonds. The van der Waals surface area contributed by atoms with E-state index < -0.39 is 0 Å². The Morgan fingerprint density at radius 3 is 0.907 bits per heavy atom. The molecule has 0 saturated carbocycles. The Hall–Kier alpha value is -5.20. The highest BCUT2D eigenvalue weighted by atomic mass is 14.5. The van der Waals surface area contributed by atoms with Crippen LogP contribution in [0.1, 0.15) is 77.6 Å². The molecule has 0 aromatic heterocycles. The van der Waals surface area contributed by atoms with Crippen molar-refractivity contribution in [3.63, 3.8) is 0 Å². The Labute approximate surface area is 320 Å². The Bertz CT molecular complexity index is 2630. The van der Waals surface area contributed by atoms with Gasteiger partial charge in [0, 0.05) is 10.8 Å². The van der Waals surface area contributed by atoms with Crippen LogP contribution in [0.5, 0.6) is 0 Å². The van der Waals surface area contributed by atoms with E-state index in [-0.39, 0.29) is 10.8 Å². The van der Waals surface area contributed by atoms with Gasteiger partial charge >= 0.3 is 0 Å². The van der Waals surface area contributed by atoms with Gasteiger partial charge in [0.05, 0.1) is 0 Å². The Morgan fingerprint density at radius 1 is 0.278 bits per heavy atom. The molecule has 0 heterocycles. The van der Waals surface area contributed by atoms with Crippen LogP contribution in [-0.2, 0) is 10.8 Å². The maximum absolute atomic E-state index is 2.46. The van der Waals surface area contributed by atoms with Crippen molar-refractivity contribution in [2.75, 3.05) is 0 Å². The normalized spacial score (nSPS) is 15.3. The molecular formula is C54H50. The van der Waals surface area contributed by atoms with Gasteiger partial charge in [-0.2, -0.15) is 0 Å². The molecule has 0 N–H and O–H groups in total. The molecule has 8 aromatic carbocycles. The summed E-state index contributed by atoms with van der Waals surface area (Å²) in [5.41, 5.74) is 14.0. The van der Waals surface area contributed by atoms with E-state index >= 15 is 0 Å². The Kier molecular flexibility index (Phi) is 7.20. The minimum Gasteiger partial charge on any atom is -0.0619 e. The molecule has 0 spiro atoms. The molecule has 0 aliphatic heterocycles. The van der Waals surface area contributed by atoms with Crippen molar-refractivity contribution in [2.24, 2.45) is 23.7 Å². The molecule has 0 bridgehead atoms. The summed E-state index contributed by atoms with van der Waals surface area (Å²) in [6, 6.07) is 51.8. The summed E-state index contributed by atoms with van der Waals surface area (Å²) >= 11 is 0. The van der Waals surface area contributed by atoms with Crippen LogP contribution in [0.3, 0.4) is 0 Å². The Balaban J connectivity index is 1.48. The highest BCUT2D eigenvalue weighted by Gasteiger charge is 2.48. The second-order valence-corrected chi connectivity index (χ2v) is 17.5. The summed E-state index contributed by atoms with van der Waals surface area (Å²) in [6.45, 7) is 19.5. The summed E-state index contributed by atoms with van der Waals surface area (Å²) in [5, 5.41) is 10.9. The highest BCUT2D eigenvalue weighted by molar-refractivity contribution is 6.31. The quantitative estimate of drug-likeness (QED) is 0.157. The molecule has 8 aromatic rings. The molecule has 2 aliphatic carbocycles. The fourth-order valence-corrected chi connectivity index (χ4v) is 12.5. The van der Waals surface area contributed by atoms with Gasteiger partial charge in [-0.25, -0.2) is 0 Å². The zero-order valence-electron chi connectivity index (χ0n) is 33.0. The van der Waals surface area contributed by atoms with Gasteiger partial charge in [-0.15, -0.1) is 0 Å². The lowest BCUT2D eigenvalue weighted by Crippen LogP contribution is -2.41. The smallest absolute Gasteiger partial charge is 0.0261 e. The van der Waals surface area contributed by atoms with Crippen LogP contribution < -0.4 is 0 Å². The first-order valence-electron chi connectivity index (χ1n) is 20.3. The summed E-state index contributed by atoms with van der Waals surface area (Å²) in [7, 11) is 0. The molecular weight excluding hydrogens is 649 g/mol. The molecule has 54 heavy (non-hydrogen) atoms. The predicted molar refractivity (Wildman–Crippen MR) is 234 cm³/mol. The second kappa shape index (κ2) is 11.6. The van der Waals surface area contributed by atoms with Gasteiger partial charge in [0.2, 0.25) is 0 Å². The van der Waals surface area contributed by atoms with Gasteiger partial charge in [0.1, 0.15) is 0 Å². The van der Waals surface area contributed by atoms with Crippen molar-refractivity contribution < 1.29 is 0 Å². The molecule has 2 aliphatic rings. The van der Waals surface area contributed by atoms with Crippen LogP contribution in [0.4, 0.5) is 0 Å². The van der Waals surface area contributed by atoms with E-state index in [0.717, 1.165) is 0 Å². The van der Waals surface area contributed by atoms with Gasteiger partial charge in [-0.05, 0) is 122 Å². The minimum atomic E-state index is -0.122. The van der Waals surface area contributed by atoms with E-state index in [9.17, 15) is 0 Å². The van der Waals surface area contributed by atoms with E-state index in [4.69, 9.17) is 0 Å². The molecule has 0 atom stereocenters. The third kappa shape index (κ3) is 3.89. The summed E-state index contributed by atoms with van der Waals surface area (Å²) in [6.07, 6.45) is 0. The molecule has 266 valence electrons. The van der Waals surface area contributed by atoms with Crippen LogP contribution in [-0.4, -0.2) is 0 Å². The first-order valence-corrected chi connectivity index (χ1v) is 20.3. The third-order valence-corrected chi connectivity index (χ3v) is 14.2. The van der Waals surface area contributed by atoms with Gasteiger partial charge in [-0.1, -0.05) is 189 Å². The van der Waals surface area contributed by atoms with Crippen molar-refractivity contribution >= 4 is 43.1 Å². The van der Waals surface area contributed by atoms with Crippen LogP contribution in [0.25, 0.3) is 76.5 Å². The lowest BCUT2D eigenvalue weighted by Gasteiger charge is -2.48. The summed E-state index contributed by atoms with van der Waals surface area (Å²) in [5.74, 6) is 1.64. The van der Waals surface area contributed by atoms with Crippen LogP contribution in [0.2, 0.25) is 0 Å². The van der Waals surface area contributed by atoms with Crippen LogP contribution in [0.15, 0.2) is 133 Å². The van der Waals surface area contributed by atoms with Gasteiger partial charge in [-0.3, -0.25) is 0 Å². The average molecular weight is 699 g/mol. The molecule has 0 unspecified atom stereocenters. The highest BCUT2D eigenvalue weighted by Crippen LogP contribution is 2.62. The summed E-state index contributed by atoms with van der Waals surface area (Å²) < 4.78 is 0. The monoisotopic (exact) mass is 698 g/mol. The van der Waals surface area contributed by atoms with Crippen molar-refractivity contribution in [3.05, 3.63) is 156 Å². The molecule has 0 saturated heterocycles. The standard InChI is InChI=1S/C54H50/c1-31(2)53(32(3)4)43-27-15-13-23-39(43)47-35-19-9-11-21-37(35)49(41-25-17-29-45(53)51(41)47)50-38-22-12-10-20-36(38)48-40-24-14-16-28-44(40)54(33(5)6,34(7)8)46-30-18-26-42(50)52(46)48/h9-34H,1-8H3. The first kappa shape index (κ1) is 33.4. The fraction of sp³-hybridized carbons (Fsp3) is 0.259. The molecule has 0 nitrogen and oxygen atoms in total. The topological polar surface area (TPSA) is 0 Å². The second-order valence-electron chi connectivity index (χ2n) is 17.5. The van der Waals surface area contributed by atoms with Gasteiger partial charge in [0.15, 0.2) is 0 Å². The SMILES string of the molecule is CC(C)C1(C(C)C)c2ccccc2-c2c3ccccc3c(-c3c4ccccc4c4c5c(cccc35)C(C(C)C)(C(C)C)c3ccccc3-4)c3cccc1c23. The van der Waals surface area contributed by atoms with E-state index in [1.54, 1.807) is 0 Å². The number of benzene rings is 8. The number of hydrogen-bond donors (Lipinski definition) is 0. The minimum absolute atomic E-state index is 0.122. The van der Waals surface area contributed by atoms with E-state index in [0.29, 0.717) is 23.7 Å². The summed E-state index contributed by atoms with van der Waals surface area (Å²) in [4.78, 5) is 0. The molecule has 10 rings (SSSR count). The van der Waals surface area contributed by atoms with Gasteiger partial charge < -0.3 is 0 Å². The van der Waals surface area contributed by atoms with Crippen molar-refractivity contribution in [2.45, 2.75) is 66.2 Å². The number of hydrogen-bond acceptors (Lipinski definition) is 0. The fourth-order valence-electron chi connectivity index (χ4n) is 12.5. The van der Waals surface area contributed by atoms with Gasteiger partial charge in [0.25, 0.3) is 0 Å². The van der Waals surface area contributed by atoms with E-state index in [2.05, 4.69) is 189 Å². The Morgan fingerprint density at radius 2 is 0.556 bits per heavy atom. The van der Waals surface area contributed by atoms with E-state index in [1.807, 2.05) is 0 Å². The number of fused-ring (bicyclic) bond motifs is 8. The zero-order chi connectivity index (χ0) is 37.3. The van der Waals surface area contributed by atoms with E-state index in [1.165, 1.54) is 98.7 Å². The lowest BCUT2D eigenvalue weighted by atomic mass is 9.55. The number of rotatable bonds is 5. The largest absolute Gasteiger partial charge is 0.0619 e. The van der Waals surface area contributed by atoms with Crippen molar-refractivity contribution in [3.8, 4) is 33.4 Å². The average Bonchev–Trinajstić information content (AvgIpc) is 3.17. The van der Waals surface area contributed by atoms with Crippen LogP contribution in [0, 0.1) is 23.7 Å². The zero-order valence-corrected chi connectivity index (χ0v) is 33.0. The third-order valence-electron chi connectivity index (χ3n) is 14.2. The molecule has 0 radical (unpaired) electrons. The lowest BCUT2D eigenvalue weighted by molar-refractivity contribution is 0.275. The van der Waals surface area contributed by atoms with Crippen molar-refractivity contribution in [1.29, 1.82) is 0 Å². The maximum Gasteiger partial charge on any atom is 0.0261 e. The maximum atomic E-state index is 2.46. The molecule has 0 heteroatoms. The molecule has 0 fully saturated rings. The predicted octanol–water partition coefficient (Wildman–Crippen LogP) is 15.1.